The molecule has 2 aromatic rings. The predicted octanol–water partition coefficient (Wildman–Crippen LogP) is 1.92. The van der Waals surface area contributed by atoms with E-state index in [9.17, 15) is 14.4 Å². The van der Waals surface area contributed by atoms with Crippen LogP contribution in [0.25, 0.3) is 11.4 Å². The number of rotatable bonds is 6. The van der Waals surface area contributed by atoms with Gasteiger partial charge in [0.15, 0.2) is 0 Å². The number of hydrogen-bond donors (Lipinski definition) is 1. The number of aromatic nitrogens is 2. The molecule has 1 aromatic heterocycles. The second kappa shape index (κ2) is 7.92. The summed E-state index contributed by atoms with van der Waals surface area (Å²) in [5.41, 5.74) is 0.830. The topological polar surface area (TPSA) is 105 Å². The zero-order valence-corrected chi connectivity index (χ0v) is 15.5. The van der Waals surface area contributed by atoms with E-state index >= 15 is 0 Å². The molecule has 4 rings (SSSR count). The standard InChI is InChI=1S/C20H22N4O4/c25-16(10-11-24-19(26)14-8-4-5-9-15(14)20(24)27)21-12-17-22-18(23-28-17)13-6-2-1-3-7-13/h1-3,6-7,14-15H,4-5,8-12H2,(H,21,25). The number of benzene rings is 1. The molecule has 0 spiro atoms. The molecule has 2 heterocycles. The first-order chi connectivity index (χ1) is 13.6. The van der Waals surface area contributed by atoms with Crippen molar-refractivity contribution in [2.24, 2.45) is 11.8 Å². The highest BCUT2D eigenvalue weighted by Gasteiger charge is 2.47. The van der Waals surface area contributed by atoms with Crippen LogP contribution in [0.3, 0.4) is 0 Å². The van der Waals surface area contributed by atoms with E-state index in [2.05, 4.69) is 15.5 Å². The number of nitrogens with one attached hydrogen (secondary N) is 1. The van der Waals surface area contributed by atoms with E-state index < -0.39 is 0 Å². The number of fused-ring (bicyclic) bond motifs is 1. The minimum Gasteiger partial charge on any atom is -0.347 e. The number of imide groups is 1. The average Bonchev–Trinajstić information content (AvgIpc) is 3.30. The van der Waals surface area contributed by atoms with Crippen molar-refractivity contribution >= 4 is 17.7 Å². The van der Waals surface area contributed by atoms with E-state index in [0.717, 1.165) is 31.2 Å². The van der Waals surface area contributed by atoms with Gasteiger partial charge in [0.1, 0.15) is 0 Å². The lowest BCUT2D eigenvalue weighted by Gasteiger charge is -2.19. The molecule has 1 aliphatic heterocycles. The fourth-order valence-electron chi connectivity index (χ4n) is 3.96. The second-order valence-electron chi connectivity index (χ2n) is 7.23. The average molecular weight is 382 g/mol. The van der Waals surface area contributed by atoms with Crippen LogP contribution in [0.1, 0.15) is 38.0 Å². The van der Waals surface area contributed by atoms with Crippen LogP contribution in [0.2, 0.25) is 0 Å². The maximum Gasteiger partial charge on any atom is 0.246 e. The molecule has 0 radical (unpaired) electrons. The van der Waals surface area contributed by atoms with Gasteiger partial charge in [0, 0.05) is 18.5 Å². The Balaban J connectivity index is 1.27. The maximum atomic E-state index is 12.4. The molecule has 2 unspecified atom stereocenters. The Morgan fingerprint density at radius 1 is 1.11 bits per heavy atom. The van der Waals surface area contributed by atoms with Crippen molar-refractivity contribution in [3.8, 4) is 11.4 Å². The van der Waals surface area contributed by atoms with Crippen molar-refractivity contribution < 1.29 is 18.9 Å². The molecule has 1 saturated carbocycles. The smallest absolute Gasteiger partial charge is 0.246 e. The molecule has 1 saturated heterocycles. The second-order valence-corrected chi connectivity index (χ2v) is 7.23. The van der Waals surface area contributed by atoms with Crippen LogP contribution >= 0.6 is 0 Å². The summed E-state index contributed by atoms with van der Waals surface area (Å²) in [5, 5.41) is 6.60. The fraction of sp³-hybridized carbons (Fsp3) is 0.450. The van der Waals surface area contributed by atoms with E-state index in [1.807, 2.05) is 30.3 Å². The minimum atomic E-state index is -0.269. The van der Waals surface area contributed by atoms with Crippen LogP contribution in [0.4, 0.5) is 0 Å². The van der Waals surface area contributed by atoms with E-state index in [1.165, 1.54) is 4.90 Å². The van der Waals surface area contributed by atoms with E-state index in [-0.39, 0.29) is 49.1 Å². The molecular weight excluding hydrogens is 360 g/mol. The van der Waals surface area contributed by atoms with E-state index in [0.29, 0.717) is 11.7 Å². The molecule has 8 nitrogen and oxygen atoms in total. The highest BCUT2D eigenvalue weighted by molar-refractivity contribution is 6.05. The van der Waals surface area contributed by atoms with Gasteiger partial charge in [0.2, 0.25) is 29.4 Å². The third kappa shape index (κ3) is 3.67. The molecule has 2 atom stereocenters. The highest BCUT2D eigenvalue weighted by Crippen LogP contribution is 2.37. The third-order valence-electron chi connectivity index (χ3n) is 5.43. The van der Waals surface area contributed by atoms with Crippen molar-refractivity contribution in [1.82, 2.24) is 20.4 Å². The first-order valence-electron chi connectivity index (χ1n) is 9.63. The Morgan fingerprint density at radius 3 is 2.46 bits per heavy atom. The molecule has 28 heavy (non-hydrogen) atoms. The van der Waals surface area contributed by atoms with Crippen LogP contribution in [0.15, 0.2) is 34.9 Å². The lowest BCUT2D eigenvalue weighted by Crippen LogP contribution is -2.35. The van der Waals surface area contributed by atoms with Gasteiger partial charge in [-0.1, -0.05) is 48.3 Å². The summed E-state index contributed by atoms with van der Waals surface area (Å²) in [7, 11) is 0. The van der Waals surface area contributed by atoms with Gasteiger partial charge in [-0.3, -0.25) is 19.3 Å². The minimum absolute atomic E-state index is 0.0661. The lowest BCUT2D eigenvalue weighted by molar-refractivity contribution is -0.140. The van der Waals surface area contributed by atoms with Gasteiger partial charge in [-0.2, -0.15) is 4.98 Å². The highest BCUT2D eigenvalue weighted by atomic mass is 16.5. The van der Waals surface area contributed by atoms with Crippen molar-refractivity contribution in [3.05, 3.63) is 36.2 Å². The number of carbonyl (C=O) groups is 3. The molecule has 1 N–H and O–H groups in total. The Morgan fingerprint density at radius 2 is 1.79 bits per heavy atom. The normalized spacial score (nSPS) is 21.6. The SMILES string of the molecule is O=C(CCN1C(=O)C2CCCCC2C1=O)NCc1nc(-c2ccccc2)no1. The molecule has 8 heteroatoms. The molecule has 0 bridgehead atoms. The molecule has 3 amide bonds. The number of amides is 3. The Hall–Kier alpha value is -3.03. The van der Waals surface area contributed by atoms with E-state index in [1.54, 1.807) is 0 Å². The van der Waals surface area contributed by atoms with Crippen LogP contribution in [0, 0.1) is 11.8 Å². The summed E-state index contributed by atoms with van der Waals surface area (Å²) in [6, 6.07) is 9.40. The first kappa shape index (κ1) is 18.3. The third-order valence-corrected chi connectivity index (χ3v) is 5.43. The Kier molecular flexibility index (Phi) is 5.18. The largest absolute Gasteiger partial charge is 0.347 e. The molecule has 1 aromatic carbocycles. The quantitative estimate of drug-likeness (QED) is 0.765. The number of carbonyl (C=O) groups excluding carboxylic acids is 3. The summed E-state index contributed by atoms with van der Waals surface area (Å²) in [5.74, 6) is -0.112. The molecular formula is C20H22N4O4. The van der Waals surface area contributed by atoms with Gasteiger partial charge in [-0.25, -0.2) is 0 Å². The zero-order chi connectivity index (χ0) is 19.5. The summed E-state index contributed by atoms with van der Waals surface area (Å²) < 4.78 is 5.15. The number of nitrogens with zero attached hydrogens (tertiary/aromatic N) is 3. The van der Waals surface area contributed by atoms with Gasteiger partial charge in [-0.05, 0) is 12.8 Å². The van der Waals surface area contributed by atoms with E-state index in [4.69, 9.17) is 4.52 Å². The van der Waals surface area contributed by atoms with Gasteiger partial charge in [0.05, 0.1) is 18.4 Å². The molecule has 1 aliphatic carbocycles. The van der Waals surface area contributed by atoms with Crippen molar-refractivity contribution in [2.75, 3.05) is 6.54 Å². The van der Waals surface area contributed by atoms with Crippen molar-refractivity contribution in [3.63, 3.8) is 0 Å². The van der Waals surface area contributed by atoms with Crippen molar-refractivity contribution in [1.29, 1.82) is 0 Å². The van der Waals surface area contributed by atoms with Gasteiger partial charge in [-0.15, -0.1) is 0 Å². The summed E-state index contributed by atoms with van der Waals surface area (Å²) in [6.45, 7) is 0.224. The number of hydrogen-bond acceptors (Lipinski definition) is 6. The van der Waals surface area contributed by atoms with Gasteiger partial charge >= 0.3 is 0 Å². The maximum absolute atomic E-state index is 12.4. The molecule has 146 valence electrons. The van der Waals surface area contributed by atoms with Crippen molar-refractivity contribution in [2.45, 2.75) is 38.6 Å². The lowest BCUT2D eigenvalue weighted by atomic mass is 9.81. The van der Waals surface area contributed by atoms with Gasteiger partial charge < -0.3 is 9.84 Å². The molecule has 2 aliphatic rings. The summed E-state index contributed by atoms with van der Waals surface area (Å²) in [6.07, 6.45) is 3.60. The van der Waals surface area contributed by atoms with Crippen LogP contribution < -0.4 is 5.32 Å². The first-order valence-corrected chi connectivity index (χ1v) is 9.63. The fourth-order valence-corrected chi connectivity index (χ4v) is 3.96. The summed E-state index contributed by atoms with van der Waals surface area (Å²) >= 11 is 0. The molecule has 2 fully saturated rings. The van der Waals surface area contributed by atoms with Gasteiger partial charge in [0.25, 0.3) is 0 Å². The predicted molar refractivity (Wildman–Crippen MR) is 98.4 cm³/mol. The van der Waals surface area contributed by atoms with Crippen LogP contribution in [0.5, 0.6) is 0 Å². The summed E-state index contributed by atoms with van der Waals surface area (Å²) in [4.78, 5) is 42.5. The van der Waals surface area contributed by atoms with Crippen LogP contribution in [-0.2, 0) is 20.9 Å². The zero-order valence-electron chi connectivity index (χ0n) is 15.5. The Labute approximate surface area is 162 Å². The Bertz CT molecular complexity index is 855. The monoisotopic (exact) mass is 382 g/mol. The number of likely N-dealkylation sites (tertiary alicyclic amines) is 1. The van der Waals surface area contributed by atoms with Crippen LogP contribution in [-0.4, -0.2) is 39.3 Å².